The Balaban J connectivity index is 2.28. The topological polar surface area (TPSA) is 40.5 Å². The molecule has 1 fully saturated rings. The predicted octanol–water partition coefficient (Wildman–Crippen LogP) is 3.53. The van der Waals surface area contributed by atoms with E-state index in [4.69, 9.17) is 0 Å². The second kappa shape index (κ2) is 7.78. The van der Waals surface area contributed by atoms with Gasteiger partial charge in [-0.3, -0.25) is 4.79 Å². The van der Waals surface area contributed by atoms with Crippen LogP contribution in [0, 0.1) is 5.41 Å². The van der Waals surface area contributed by atoms with Gasteiger partial charge in [0.15, 0.2) is 0 Å². The molecule has 0 aromatic carbocycles. The normalized spacial score (nSPS) is 24.6. The van der Waals surface area contributed by atoms with Gasteiger partial charge in [0.1, 0.15) is 0 Å². The number of nitrogens with zero attached hydrogens (tertiary/aromatic N) is 1. The van der Waals surface area contributed by atoms with E-state index in [2.05, 4.69) is 18.7 Å². The molecule has 106 valence electrons. The molecule has 0 aromatic heterocycles. The Morgan fingerprint density at radius 2 is 1.89 bits per heavy atom. The van der Waals surface area contributed by atoms with Gasteiger partial charge in [0.2, 0.25) is 0 Å². The van der Waals surface area contributed by atoms with E-state index in [0.29, 0.717) is 0 Å². The lowest BCUT2D eigenvalue weighted by Gasteiger charge is -2.24. The van der Waals surface area contributed by atoms with Gasteiger partial charge in [-0.05, 0) is 32.4 Å². The van der Waals surface area contributed by atoms with E-state index in [0.717, 1.165) is 38.9 Å². The molecule has 0 saturated carbocycles. The molecule has 0 aromatic rings. The Hall–Kier alpha value is -0.570. The number of carboxylic acid groups (broad SMARTS) is 1. The molecule has 1 N–H and O–H groups in total. The first kappa shape index (κ1) is 15.5. The van der Waals surface area contributed by atoms with Crippen molar-refractivity contribution in [2.45, 2.75) is 65.2 Å². The molecule has 1 aliphatic heterocycles. The summed E-state index contributed by atoms with van der Waals surface area (Å²) in [4.78, 5) is 13.8. The van der Waals surface area contributed by atoms with Crippen molar-refractivity contribution in [3.63, 3.8) is 0 Å². The Bertz CT molecular complexity index is 255. The number of rotatable bonds is 9. The van der Waals surface area contributed by atoms with Crippen LogP contribution >= 0.6 is 0 Å². The maximum absolute atomic E-state index is 11.4. The molecule has 1 heterocycles. The number of aliphatic carboxylic acids is 1. The summed E-state index contributed by atoms with van der Waals surface area (Å²) in [6, 6.07) is 0. The molecular weight excluding hydrogens is 226 g/mol. The van der Waals surface area contributed by atoms with E-state index >= 15 is 0 Å². The third-order valence-electron chi connectivity index (χ3n) is 4.19. The maximum Gasteiger partial charge on any atom is 0.310 e. The summed E-state index contributed by atoms with van der Waals surface area (Å²) >= 11 is 0. The Labute approximate surface area is 112 Å². The molecule has 3 heteroatoms. The summed E-state index contributed by atoms with van der Waals surface area (Å²) in [6.45, 7) is 7.14. The summed E-state index contributed by atoms with van der Waals surface area (Å²) in [5, 5.41) is 9.43. The Morgan fingerprint density at radius 1 is 1.17 bits per heavy atom. The number of hydrogen-bond acceptors (Lipinski definition) is 2. The minimum Gasteiger partial charge on any atom is -0.481 e. The van der Waals surface area contributed by atoms with Crippen molar-refractivity contribution in [1.82, 2.24) is 4.90 Å². The van der Waals surface area contributed by atoms with E-state index < -0.39 is 11.4 Å². The number of carboxylic acids is 1. The number of unbranched alkanes of at least 4 members (excludes halogenated alkanes) is 4. The quantitative estimate of drug-likeness (QED) is 0.641. The van der Waals surface area contributed by atoms with Gasteiger partial charge in [0.05, 0.1) is 5.41 Å². The molecule has 18 heavy (non-hydrogen) atoms. The van der Waals surface area contributed by atoms with Crippen molar-refractivity contribution in [2.24, 2.45) is 5.41 Å². The Kier molecular flexibility index (Phi) is 6.69. The lowest BCUT2D eigenvalue weighted by atomic mass is 9.83. The van der Waals surface area contributed by atoms with Crippen LogP contribution < -0.4 is 0 Å². The first-order chi connectivity index (χ1) is 8.64. The van der Waals surface area contributed by atoms with E-state index in [1.807, 2.05) is 0 Å². The highest BCUT2D eigenvalue weighted by Crippen LogP contribution is 2.35. The highest BCUT2D eigenvalue weighted by Gasteiger charge is 2.43. The van der Waals surface area contributed by atoms with Crippen LogP contribution in [0.2, 0.25) is 0 Å². The van der Waals surface area contributed by atoms with Crippen molar-refractivity contribution < 1.29 is 9.90 Å². The largest absolute Gasteiger partial charge is 0.481 e. The van der Waals surface area contributed by atoms with E-state index in [9.17, 15) is 9.90 Å². The van der Waals surface area contributed by atoms with Gasteiger partial charge in [-0.2, -0.15) is 0 Å². The lowest BCUT2D eigenvalue weighted by Crippen LogP contribution is -2.34. The minimum atomic E-state index is -0.585. The summed E-state index contributed by atoms with van der Waals surface area (Å²) in [5.74, 6) is -0.585. The molecule has 0 spiro atoms. The van der Waals surface area contributed by atoms with Gasteiger partial charge in [0.25, 0.3) is 0 Å². The summed E-state index contributed by atoms with van der Waals surface area (Å²) in [7, 11) is 0. The summed E-state index contributed by atoms with van der Waals surface area (Å²) in [6.07, 6.45) is 9.08. The van der Waals surface area contributed by atoms with Crippen molar-refractivity contribution in [3.8, 4) is 0 Å². The average Bonchev–Trinajstić information content (AvgIpc) is 2.74. The summed E-state index contributed by atoms with van der Waals surface area (Å²) < 4.78 is 0. The van der Waals surface area contributed by atoms with Crippen molar-refractivity contribution in [2.75, 3.05) is 19.6 Å². The van der Waals surface area contributed by atoms with Crippen LogP contribution in [0.4, 0.5) is 0 Å². The first-order valence-corrected chi connectivity index (χ1v) is 7.60. The van der Waals surface area contributed by atoms with Gasteiger partial charge in [-0.1, -0.05) is 46.0 Å². The zero-order chi connectivity index (χ0) is 13.4. The second-order valence-corrected chi connectivity index (χ2v) is 5.78. The van der Waals surface area contributed by atoms with Crippen molar-refractivity contribution in [1.29, 1.82) is 0 Å². The van der Waals surface area contributed by atoms with Crippen molar-refractivity contribution in [3.05, 3.63) is 0 Å². The molecule has 1 rings (SSSR count). The van der Waals surface area contributed by atoms with Gasteiger partial charge < -0.3 is 10.0 Å². The molecular formula is C15H29NO2. The number of hydrogen-bond donors (Lipinski definition) is 1. The smallest absolute Gasteiger partial charge is 0.310 e. The predicted molar refractivity (Wildman–Crippen MR) is 74.8 cm³/mol. The van der Waals surface area contributed by atoms with Crippen LogP contribution in [0.15, 0.2) is 0 Å². The van der Waals surface area contributed by atoms with E-state index in [1.54, 1.807) is 0 Å². The first-order valence-electron chi connectivity index (χ1n) is 7.60. The fraction of sp³-hybridized carbons (Fsp3) is 0.933. The summed E-state index contributed by atoms with van der Waals surface area (Å²) in [5.41, 5.74) is -0.446. The van der Waals surface area contributed by atoms with E-state index in [1.165, 1.54) is 32.1 Å². The van der Waals surface area contributed by atoms with Crippen molar-refractivity contribution >= 4 is 5.97 Å². The minimum absolute atomic E-state index is 0.446. The molecule has 0 aliphatic carbocycles. The molecule has 3 nitrogen and oxygen atoms in total. The van der Waals surface area contributed by atoms with E-state index in [-0.39, 0.29) is 0 Å². The van der Waals surface area contributed by atoms with Crippen LogP contribution in [0.25, 0.3) is 0 Å². The molecule has 0 radical (unpaired) electrons. The SMILES string of the molecule is CCCCCCCN1CCC(CCC)(C(=O)O)C1. The van der Waals surface area contributed by atoms with Crippen LogP contribution in [0.5, 0.6) is 0 Å². The molecule has 0 amide bonds. The molecule has 1 saturated heterocycles. The zero-order valence-electron chi connectivity index (χ0n) is 12.1. The third-order valence-corrected chi connectivity index (χ3v) is 4.19. The van der Waals surface area contributed by atoms with Gasteiger partial charge in [-0.25, -0.2) is 0 Å². The fourth-order valence-corrected chi connectivity index (χ4v) is 3.05. The van der Waals surface area contributed by atoms with Gasteiger partial charge >= 0.3 is 5.97 Å². The highest BCUT2D eigenvalue weighted by atomic mass is 16.4. The molecule has 0 bridgehead atoms. The van der Waals surface area contributed by atoms with Crippen LogP contribution in [0.3, 0.4) is 0 Å². The lowest BCUT2D eigenvalue weighted by molar-refractivity contribution is -0.148. The molecule has 1 atom stereocenters. The highest BCUT2D eigenvalue weighted by molar-refractivity contribution is 5.75. The standard InChI is InChI=1S/C15H29NO2/c1-3-5-6-7-8-11-16-12-10-15(13-16,9-4-2)14(17)18/h3-13H2,1-2H3,(H,17,18). The fourth-order valence-electron chi connectivity index (χ4n) is 3.05. The number of carbonyl (C=O) groups is 1. The monoisotopic (exact) mass is 255 g/mol. The Morgan fingerprint density at radius 3 is 2.50 bits per heavy atom. The van der Waals surface area contributed by atoms with Gasteiger partial charge in [-0.15, -0.1) is 0 Å². The van der Waals surface area contributed by atoms with Crippen LogP contribution in [-0.4, -0.2) is 35.6 Å². The third kappa shape index (κ3) is 4.27. The second-order valence-electron chi connectivity index (χ2n) is 5.78. The van der Waals surface area contributed by atoms with Crippen LogP contribution in [0.1, 0.15) is 65.2 Å². The average molecular weight is 255 g/mol. The molecule has 1 aliphatic rings. The maximum atomic E-state index is 11.4. The number of likely N-dealkylation sites (tertiary alicyclic amines) is 1. The zero-order valence-corrected chi connectivity index (χ0v) is 12.1. The van der Waals surface area contributed by atoms with Crippen LogP contribution in [-0.2, 0) is 4.79 Å². The van der Waals surface area contributed by atoms with Gasteiger partial charge in [0, 0.05) is 6.54 Å². The molecule has 1 unspecified atom stereocenters.